The lowest BCUT2D eigenvalue weighted by molar-refractivity contribution is 0.0595. The third-order valence-corrected chi connectivity index (χ3v) is 3.11. The summed E-state index contributed by atoms with van der Waals surface area (Å²) >= 11 is 0. The molecule has 0 saturated heterocycles. The first-order chi connectivity index (χ1) is 10.3. The van der Waals surface area contributed by atoms with Crippen LogP contribution in [0.25, 0.3) is 5.52 Å². The molecular formula is C15H13N3O3. The predicted octanol–water partition coefficient (Wildman–Crippen LogP) is 2.09. The molecule has 21 heavy (non-hydrogen) atoms. The zero-order valence-corrected chi connectivity index (χ0v) is 11.4. The molecule has 0 bridgehead atoms. The van der Waals surface area contributed by atoms with Crippen LogP contribution in [-0.4, -0.2) is 27.4 Å². The fourth-order valence-electron chi connectivity index (χ4n) is 2.06. The first-order valence-electron chi connectivity index (χ1n) is 6.34. The average Bonchev–Trinajstić information content (AvgIpc) is 3.01. The molecule has 0 spiro atoms. The molecule has 0 N–H and O–H groups in total. The number of carbonyl (C=O) groups is 1. The van der Waals surface area contributed by atoms with Gasteiger partial charge in [-0.05, 0) is 12.1 Å². The van der Waals surface area contributed by atoms with Crippen molar-refractivity contribution in [3.8, 4) is 5.75 Å². The predicted molar refractivity (Wildman–Crippen MR) is 75.1 cm³/mol. The van der Waals surface area contributed by atoms with Crippen molar-refractivity contribution in [1.82, 2.24) is 14.4 Å². The molecule has 3 heterocycles. The molecular weight excluding hydrogens is 270 g/mol. The van der Waals surface area contributed by atoms with E-state index in [0.717, 1.165) is 11.1 Å². The van der Waals surface area contributed by atoms with Gasteiger partial charge in [0.25, 0.3) is 0 Å². The zero-order chi connectivity index (χ0) is 14.7. The third-order valence-electron chi connectivity index (χ3n) is 3.11. The van der Waals surface area contributed by atoms with Gasteiger partial charge in [0.1, 0.15) is 12.2 Å². The van der Waals surface area contributed by atoms with Crippen molar-refractivity contribution in [1.29, 1.82) is 0 Å². The summed E-state index contributed by atoms with van der Waals surface area (Å²) in [4.78, 5) is 19.7. The summed E-state index contributed by atoms with van der Waals surface area (Å²) in [6.07, 6.45) is 8.43. The summed E-state index contributed by atoms with van der Waals surface area (Å²) < 4.78 is 12.4. The lowest BCUT2D eigenvalue weighted by atomic mass is 10.2. The van der Waals surface area contributed by atoms with Crippen LogP contribution < -0.4 is 4.74 Å². The third kappa shape index (κ3) is 2.55. The molecule has 0 aromatic carbocycles. The summed E-state index contributed by atoms with van der Waals surface area (Å²) in [7, 11) is 1.33. The van der Waals surface area contributed by atoms with Gasteiger partial charge in [-0.25, -0.2) is 9.78 Å². The van der Waals surface area contributed by atoms with Crippen molar-refractivity contribution in [2.24, 2.45) is 0 Å². The van der Waals surface area contributed by atoms with Crippen LogP contribution in [0, 0.1) is 0 Å². The summed E-state index contributed by atoms with van der Waals surface area (Å²) in [5, 5.41) is 0. The summed E-state index contributed by atoms with van der Waals surface area (Å²) in [5.74, 6) is -0.0548. The molecule has 0 aliphatic rings. The molecule has 6 nitrogen and oxygen atoms in total. The highest BCUT2D eigenvalue weighted by atomic mass is 16.5. The summed E-state index contributed by atoms with van der Waals surface area (Å²) in [5.41, 5.74) is 2.28. The van der Waals surface area contributed by atoms with E-state index in [1.165, 1.54) is 19.5 Å². The number of fused-ring (bicyclic) bond motifs is 1. The SMILES string of the molecule is COC(=O)c1ccncc1OCc1cccn2cncc12. The first kappa shape index (κ1) is 13.1. The average molecular weight is 283 g/mol. The van der Waals surface area contributed by atoms with Gasteiger partial charge in [-0.2, -0.15) is 0 Å². The van der Waals surface area contributed by atoms with Crippen molar-refractivity contribution in [3.05, 3.63) is 60.4 Å². The number of ether oxygens (including phenoxy) is 2. The summed E-state index contributed by atoms with van der Waals surface area (Å²) in [6.45, 7) is 0.311. The minimum atomic E-state index is -0.449. The summed E-state index contributed by atoms with van der Waals surface area (Å²) in [6, 6.07) is 5.43. The second kappa shape index (κ2) is 5.62. The molecule has 0 amide bonds. The minimum absolute atomic E-state index is 0.311. The van der Waals surface area contributed by atoms with Crippen LogP contribution in [-0.2, 0) is 11.3 Å². The fraction of sp³-hybridized carbons (Fsp3) is 0.133. The molecule has 0 aliphatic heterocycles. The highest BCUT2D eigenvalue weighted by Crippen LogP contribution is 2.20. The Morgan fingerprint density at radius 3 is 3.05 bits per heavy atom. The number of methoxy groups -OCH3 is 1. The molecule has 3 rings (SSSR count). The number of rotatable bonds is 4. The van der Waals surface area contributed by atoms with Crippen LogP contribution in [0.2, 0.25) is 0 Å². The molecule has 3 aromatic rings. The Kier molecular flexibility index (Phi) is 3.51. The van der Waals surface area contributed by atoms with Crippen LogP contribution in [0.15, 0.2) is 49.3 Å². The molecule has 0 unspecified atom stereocenters. The molecule has 0 fully saturated rings. The van der Waals surface area contributed by atoms with Crippen LogP contribution in [0.5, 0.6) is 5.75 Å². The zero-order valence-electron chi connectivity index (χ0n) is 11.4. The Morgan fingerprint density at radius 2 is 2.19 bits per heavy atom. The van der Waals surface area contributed by atoms with E-state index in [1.807, 2.05) is 22.7 Å². The Balaban J connectivity index is 1.85. The number of hydrogen-bond acceptors (Lipinski definition) is 5. The van der Waals surface area contributed by atoms with Gasteiger partial charge in [-0.15, -0.1) is 0 Å². The van der Waals surface area contributed by atoms with Gasteiger partial charge in [0.15, 0.2) is 5.75 Å². The Hall–Kier alpha value is -2.89. The van der Waals surface area contributed by atoms with Crippen LogP contribution in [0.1, 0.15) is 15.9 Å². The maximum Gasteiger partial charge on any atom is 0.341 e. The van der Waals surface area contributed by atoms with E-state index in [2.05, 4.69) is 9.97 Å². The topological polar surface area (TPSA) is 65.7 Å². The van der Waals surface area contributed by atoms with Crippen molar-refractivity contribution in [2.45, 2.75) is 6.61 Å². The second-order valence-corrected chi connectivity index (χ2v) is 4.37. The highest BCUT2D eigenvalue weighted by molar-refractivity contribution is 5.92. The monoisotopic (exact) mass is 283 g/mol. The van der Waals surface area contributed by atoms with E-state index in [-0.39, 0.29) is 0 Å². The van der Waals surface area contributed by atoms with E-state index in [0.29, 0.717) is 17.9 Å². The van der Waals surface area contributed by atoms with Crippen molar-refractivity contribution < 1.29 is 14.3 Å². The van der Waals surface area contributed by atoms with Crippen molar-refractivity contribution in [2.75, 3.05) is 7.11 Å². The number of imidazole rings is 1. The van der Waals surface area contributed by atoms with E-state index < -0.39 is 5.97 Å². The fourth-order valence-corrected chi connectivity index (χ4v) is 2.06. The van der Waals surface area contributed by atoms with Crippen LogP contribution in [0.3, 0.4) is 0 Å². The van der Waals surface area contributed by atoms with Crippen LogP contribution >= 0.6 is 0 Å². The van der Waals surface area contributed by atoms with Gasteiger partial charge in [-0.3, -0.25) is 4.98 Å². The van der Waals surface area contributed by atoms with Crippen molar-refractivity contribution in [3.63, 3.8) is 0 Å². The van der Waals surface area contributed by atoms with E-state index in [1.54, 1.807) is 18.6 Å². The first-order valence-corrected chi connectivity index (χ1v) is 6.34. The number of carbonyl (C=O) groups excluding carboxylic acids is 1. The quantitative estimate of drug-likeness (QED) is 0.686. The normalized spacial score (nSPS) is 10.5. The lowest BCUT2D eigenvalue weighted by Crippen LogP contribution is -2.06. The molecule has 3 aromatic heterocycles. The van der Waals surface area contributed by atoms with Gasteiger partial charge in [-0.1, -0.05) is 6.07 Å². The van der Waals surface area contributed by atoms with E-state index >= 15 is 0 Å². The molecule has 0 atom stereocenters. The van der Waals surface area contributed by atoms with Gasteiger partial charge in [0, 0.05) is 18.0 Å². The largest absolute Gasteiger partial charge is 0.486 e. The Labute approximate surface area is 121 Å². The number of nitrogens with zero attached hydrogens (tertiary/aromatic N) is 3. The van der Waals surface area contributed by atoms with Gasteiger partial charge in [0.2, 0.25) is 0 Å². The standard InChI is InChI=1S/C15H13N3O3/c1-20-15(19)12-4-5-16-8-14(12)21-9-11-3-2-6-18-10-17-7-13(11)18/h2-8,10H,9H2,1H3. The Morgan fingerprint density at radius 1 is 1.29 bits per heavy atom. The van der Waals surface area contributed by atoms with Gasteiger partial charge >= 0.3 is 5.97 Å². The molecule has 0 saturated carbocycles. The highest BCUT2D eigenvalue weighted by Gasteiger charge is 2.13. The van der Waals surface area contributed by atoms with Crippen LogP contribution in [0.4, 0.5) is 0 Å². The van der Waals surface area contributed by atoms with Crippen molar-refractivity contribution >= 4 is 11.5 Å². The number of esters is 1. The second-order valence-electron chi connectivity index (χ2n) is 4.37. The molecule has 6 heteroatoms. The molecule has 0 radical (unpaired) electrons. The lowest BCUT2D eigenvalue weighted by Gasteiger charge is -2.10. The maximum atomic E-state index is 11.7. The Bertz CT molecular complexity index is 782. The smallest absolute Gasteiger partial charge is 0.341 e. The minimum Gasteiger partial charge on any atom is -0.486 e. The van der Waals surface area contributed by atoms with E-state index in [9.17, 15) is 4.79 Å². The number of aromatic nitrogens is 3. The number of pyridine rings is 2. The molecule has 106 valence electrons. The van der Waals surface area contributed by atoms with E-state index in [4.69, 9.17) is 9.47 Å². The maximum absolute atomic E-state index is 11.7. The van der Waals surface area contributed by atoms with Gasteiger partial charge in [0.05, 0.1) is 31.3 Å². The van der Waals surface area contributed by atoms with Gasteiger partial charge < -0.3 is 13.9 Å². The molecule has 0 aliphatic carbocycles. The number of hydrogen-bond donors (Lipinski definition) is 0.